The van der Waals surface area contributed by atoms with Crippen LogP contribution in [0.5, 0.6) is 0 Å². The largest absolute Gasteiger partial charge is 0.448 e. The van der Waals surface area contributed by atoms with Crippen LogP contribution in [0.15, 0.2) is 29.2 Å². The van der Waals surface area contributed by atoms with Crippen LogP contribution in [0.25, 0.3) is 0 Å². The molecule has 188 valence electrons. The van der Waals surface area contributed by atoms with Crippen LogP contribution >= 0.6 is 0 Å². The van der Waals surface area contributed by atoms with E-state index in [-0.39, 0.29) is 30.8 Å². The number of carbonyl (C=O) groups excluding carboxylic acids is 1. The molecule has 2 saturated carbocycles. The van der Waals surface area contributed by atoms with E-state index < -0.39 is 10.0 Å². The van der Waals surface area contributed by atoms with Gasteiger partial charge in [0.25, 0.3) is 0 Å². The van der Waals surface area contributed by atoms with E-state index in [1.807, 2.05) is 24.0 Å². The molecule has 1 aromatic rings. The Morgan fingerprint density at radius 2 is 1.76 bits per heavy atom. The Bertz CT molecular complexity index is 974. The highest BCUT2D eigenvalue weighted by molar-refractivity contribution is 7.89. The highest BCUT2D eigenvalue weighted by Gasteiger charge is 2.46. The first-order valence-electron chi connectivity index (χ1n) is 13.1. The molecular weight excluding hydrogens is 450 g/mol. The Balaban J connectivity index is 1.26. The van der Waals surface area contributed by atoms with E-state index in [2.05, 4.69) is 11.8 Å². The van der Waals surface area contributed by atoms with Gasteiger partial charge in [-0.25, -0.2) is 13.2 Å². The van der Waals surface area contributed by atoms with Gasteiger partial charge in [-0.3, -0.25) is 4.90 Å². The maximum atomic E-state index is 13.7. The molecule has 7 nitrogen and oxygen atoms in total. The molecule has 1 amide bonds. The van der Waals surface area contributed by atoms with Crippen molar-refractivity contribution in [1.29, 1.82) is 0 Å². The van der Waals surface area contributed by atoms with Gasteiger partial charge in [0.15, 0.2) is 0 Å². The van der Waals surface area contributed by atoms with Crippen LogP contribution in [0.1, 0.15) is 57.4 Å². The van der Waals surface area contributed by atoms with Crippen molar-refractivity contribution < 1.29 is 17.9 Å². The van der Waals surface area contributed by atoms with Gasteiger partial charge in [0.2, 0.25) is 10.0 Å². The predicted molar refractivity (Wildman–Crippen MR) is 131 cm³/mol. The van der Waals surface area contributed by atoms with Gasteiger partial charge in [-0.1, -0.05) is 24.1 Å². The Labute approximate surface area is 204 Å². The lowest BCUT2D eigenvalue weighted by Gasteiger charge is -2.42. The fraction of sp³-hybridized carbons (Fsp3) is 0.731. The molecule has 2 unspecified atom stereocenters. The summed E-state index contributed by atoms with van der Waals surface area (Å²) in [6, 6.07) is 6.92. The molecule has 4 fully saturated rings. The monoisotopic (exact) mass is 489 g/mol. The number of sulfonamides is 1. The zero-order valence-electron chi connectivity index (χ0n) is 20.6. The number of benzene rings is 1. The Morgan fingerprint density at radius 3 is 2.41 bits per heavy atom. The SMILES string of the molecule is Cc1ccc(S(=O)(=O)N2C(COC(=O)N3CCN(CC4CC4)CC3C)CCC[C@H]2C2CC2)cc1. The van der Waals surface area contributed by atoms with Gasteiger partial charge in [-0.15, -0.1) is 0 Å². The summed E-state index contributed by atoms with van der Waals surface area (Å²) in [6.45, 7) is 7.75. The molecule has 2 aliphatic heterocycles. The minimum Gasteiger partial charge on any atom is -0.448 e. The summed E-state index contributed by atoms with van der Waals surface area (Å²) in [6.07, 6.45) is 7.12. The van der Waals surface area contributed by atoms with Gasteiger partial charge in [0.05, 0.1) is 10.9 Å². The van der Waals surface area contributed by atoms with E-state index in [0.29, 0.717) is 17.4 Å². The normalized spacial score (nSPS) is 29.2. The molecule has 8 heteroatoms. The van der Waals surface area contributed by atoms with Gasteiger partial charge in [-0.05, 0) is 76.3 Å². The van der Waals surface area contributed by atoms with Crippen LogP contribution in [0.2, 0.25) is 0 Å². The lowest BCUT2D eigenvalue weighted by atomic mass is 9.96. The molecule has 4 aliphatic rings. The Hall–Kier alpha value is -1.64. The second kappa shape index (κ2) is 9.78. The summed E-state index contributed by atoms with van der Waals surface area (Å²) >= 11 is 0. The first-order valence-corrected chi connectivity index (χ1v) is 14.5. The zero-order valence-corrected chi connectivity index (χ0v) is 21.4. The number of hydrogen-bond acceptors (Lipinski definition) is 5. The smallest absolute Gasteiger partial charge is 0.410 e. The molecule has 2 heterocycles. The molecule has 5 rings (SSSR count). The summed E-state index contributed by atoms with van der Waals surface area (Å²) in [4.78, 5) is 17.6. The maximum Gasteiger partial charge on any atom is 0.410 e. The molecule has 0 N–H and O–H groups in total. The number of nitrogens with zero attached hydrogens (tertiary/aromatic N) is 3. The van der Waals surface area contributed by atoms with Crippen LogP contribution in [0.3, 0.4) is 0 Å². The van der Waals surface area contributed by atoms with Crippen molar-refractivity contribution in [1.82, 2.24) is 14.1 Å². The Morgan fingerprint density at radius 1 is 1.03 bits per heavy atom. The highest BCUT2D eigenvalue weighted by Crippen LogP contribution is 2.43. The van der Waals surface area contributed by atoms with E-state index >= 15 is 0 Å². The van der Waals surface area contributed by atoms with E-state index in [0.717, 1.165) is 63.2 Å². The maximum absolute atomic E-state index is 13.7. The molecule has 2 saturated heterocycles. The minimum atomic E-state index is -3.66. The summed E-state index contributed by atoms with van der Waals surface area (Å²) in [7, 11) is -3.66. The number of amides is 1. The number of piperidine rings is 1. The molecule has 0 aromatic heterocycles. The van der Waals surface area contributed by atoms with Gasteiger partial charge in [-0.2, -0.15) is 4.31 Å². The molecule has 3 atom stereocenters. The van der Waals surface area contributed by atoms with E-state index in [1.54, 1.807) is 16.4 Å². The fourth-order valence-corrected chi connectivity index (χ4v) is 7.68. The number of rotatable bonds is 7. The fourth-order valence-electron chi connectivity index (χ4n) is 5.76. The third kappa shape index (κ3) is 5.29. The predicted octanol–water partition coefficient (Wildman–Crippen LogP) is 3.87. The third-order valence-electron chi connectivity index (χ3n) is 8.05. The molecule has 0 radical (unpaired) electrons. The van der Waals surface area contributed by atoms with Crippen LogP contribution in [0, 0.1) is 18.8 Å². The van der Waals surface area contributed by atoms with Crippen molar-refractivity contribution in [2.24, 2.45) is 11.8 Å². The van der Waals surface area contributed by atoms with E-state index in [1.165, 1.54) is 12.8 Å². The second-order valence-electron chi connectivity index (χ2n) is 11.0. The van der Waals surface area contributed by atoms with Crippen LogP contribution in [-0.4, -0.2) is 79.5 Å². The average molecular weight is 490 g/mol. The number of aryl methyl sites for hydroxylation is 1. The highest BCUT2D eigenvalue weighted by atomic mass is 32.2. The van der Waals surface area contributed by atoms with Crippen molar-refractivity contribution in [2.75, 3.05) is 32.8 Å². The first-order chi connectivity index (χ1) is 16.3. The average Bonchev–Trinajstić information content (AvgIpc) is 3.72. The topological polar surface area (TPSA) is 70.2 Å². The van der Waals surface area contributed by atoms with Crippen molar-refractivity contribution in [3.05, 3.63) is 29.8 Å². The molecule has 34 heavy (non-hydrogen) atoms. The molecule has 0 bridgehead atoms. The summed E-state index contributed by atoms with van der Waals surface area (Å²) in [5, 5.41) is 0. The Kier molecular flexibility index (Phi) is 6.93. The molecule has 1 aromatic carbocycles. The van der Waals surface area contributed by atoms with Crippen LogP contribution in [-0.2, 0) is 14.8 Å². The summed E-state index contributed by atoms with van der Waals surface area (Å²) in [5.41, 5.74) is 1.04. The van der Waals surface area contributed by atoms with Gasteiger partial charge >= 0.3 is 6.09 Å². The van der Waals surface area contributed by atoms with Crippen LogP contribution in [0.4, 0.5) is 4.79 Å². The van der Waals surface area contributed by atoms with E-state index in [4.69, 9.17) is 4.74 Å². The number of piperazine rings is 1. The summed E-state index contributed by atoms with van der Waals surface area (Å²) in [5.74, 6) is 1.27. The van der Waals surface area contributed by atoms with E-state index in [9.17, 15) is 13.2 Å². The number of hydrogen-bond donors (Lipinski definition) is 0. The minimum absolute atomic E-state index is 0.00801. The molecule has 2 aliphatic carbocycles. The van der Waals surface area contributed by atoms with Gasteiger partial charge in [0, 0.05) is 38.3 Å². The van der Waals surface area contributed by atoms with Crippen molar-refractivity contribution in [3.63, 3.8) is 0 Å². The van der Waals surface area contributed by atoms with Crippen molar-refractivity contribution in [2.45, 2.75) is 81.8 Å². The first kappa shape index (κ1) is 24.1. The van der Waals surface area contributed by atoms with Crippen molar-refractivity contribution in [3.8, 4) is 0 Å². The second-order valence-corrected chi connectivity index (χ2v) is 12.8. The zero-order chi connectivity index (χ0) is 23.9. The quantitative estimate of drug-likeness (QED) is 0.582. The van der Waals surface area contributed by atoms with Crippen LogP contribution < -0.4 is 0 Å². The number of carbonyl (C=O) groups is 1. The number of ether oxygens (including phenoxy) is 1. The molecular formula is C26H39N3O4S. The lowest BCUT2D eigenvalue weighted by molar-refractivity contribution is 0.0304. The summed E-state index contributed by atoms with van der Waals surface area (Å²) < 4.78 is 35.0. The third-order valence-corrected chi connectivity index (χ3v) is 10.0. The standard InChI is InChI=1S/C26H39N3O4S/c1-19-6-12-24(13-7-19)34(31,32)29-23(4-3-5-25(29)22-10-11-22)18-33-26(30)28-15-14-27(16-20(28)2)17-21-8-9-21/h6-7,12-13,20-23,25H,3-5,8-11,14-18H2,1-2H3/t20?,23?,25-/m0/s1. The molecule has 0 spiro atoms. The lowest BCUT2D eigenvalue weighted by Crippen LogP contribution is -2.56. The van der Waals surface area contributed by atoms with Gasteiger partial charge in [0.1, 0.15) is 6.61 Å². The van der Waals surface area contributed by atoms with Crippen molar-refractivity contribution >= 4 is 16.1 Å². The van der Waals surface area contributed by atoms with Gasteiger partial charge < -0.3 is 9.64 Å².